The summed E-state index contributed by atoms with van der Waals surface area (Å²) in [4.78, 5) is 30.2. The van der Waals surface area contributed by atoms with Gasteiger partial charge in [-0.3, -0.25) is 24.4 Å². The smallest absolute Gasteiger partial charge is 0.219 e. The maximum Gasteiger partial charge on any atom is 0.219 e. The number of carbonyl (C=O) groups excluding carboxylic acids is 1. The minimum atomic E-state index is 0. The number of hydrogen-bond acceptors (Lipinski definition) is 9. The van der Waals surface area contributed by atoms with Crippen molar-refractivity contribution in [3.05, 3.63) is 0 Å². The quantitative estimate of drug-likeness (QED) is 0.269. The van der Waals surface area contributed by atoms with Gasteiger partial charge in [-0.05, 0) is 129 Å². The lowest BCUT2D eigenvalue weighted by Gasteiger charge is -2.36. The molecule has 0 spiro atoms. The van der Waals surface area contributed by atoms with Gasteiger partial charge in [0, 0.05) is 116 Å². The number of ether oxygens (including phenoxy) is 1. The van der Waals surface area contributed by atoms with Gasteiger partial charge < -0.3 is 24.3 Å². The van der Waals surface area contributed by atoms with Crippen LogP contribution in [0.25, 0.3) is 0 Å². The van der Waals surface area contributed by atoms with E-state index in [9.17, 15) is 4.79 Å². The van der Waals surface area contributed by atoms with Crippen molar-refractivity contribution in [2.45, 2.75) is 195 Å². The second-order valence-corrected chi connectivity index (χ2v) is 16.8. The van der Waals surface area contributed by atoms with Gasteiger partial charge in [-0.1, -0.05) is 69.2 Å². The van der Waals surface area contributed by atoms with E-state index in [4.69, 9.17) is 4.74 Å². The lowest BCUT2D eigenvalue weighted by atomic mass is 10.1. The van der Waals surface area contributed by atoms with Gasteiger partial charge >= 0.3 is 0 Å². The molecule has 5 saturated heterocycles. The number of piperidine rings is 1. The summed E-state index contributed by atoms with van der Waals surface area (Å²) in [6.45, 7) is 60.7. The van der Waals surface area contributed by atoms with Gasteiger partial charge in [-0.2, -0.15) is 0 Å². The molecule has 0 aromatic heterocycles. The summed E-state index contributed by atoms with van der Waals surface area (Å²) in [6.07, 6.45) is 5.61. The molecule has 0 bridgehead atoms. The first-order valence-electron chi connectivity index (χ1n) is 25.0. The highest BCUT2D eigenvalue weighted by atomic mass is 16.5. The maximum atomic E-state index is 11.0. The maximum absolute atomic E-state index is 11.0. The van der Waals surface area contributed by atoms with Gasteiger partial charge in [0.1, 0.15) is 0 Å². The number of carbonyl (C=O) groups is 1. The molecular formula is C50H116N8O2. The van der Waals surface area contributed by atoms with Crippen molar-refractivity contribution < 1.29 is 9.53 Å². The second-order valence-electron chi connectivity index (χ2n) is 16.8. The molecule has 0 aromatic carbocycles. The standard InChI is InChI=1S/C9H18N2O.C9H20N2.C8H18N2.C8H17N.C7H15NO.4C2H6.CH4/c1-8(2)10-4-6-11(7-5-10)9(3)12;1-9(2)11-6-4-5-10(3)7-8-11;1-8(2)10-6-4-9(3)5-7-10;1-8(2)9-6-4-3-5-7-9;1-7(2)8-3-5-9-6-4-8;4*1-2;/h8H,4-7H2,1-3H3;9H,4-8H2,1-3H3;8H,4-7H2,1-3H3;8H,3-7H2,1-2H3;7H,3-6H2,1-2H3;4*1-2H3;1H4. The molecule has 5 heterocycles. The molecule has 5 aliphatic heterocycles. The minimum Gasteiger partial charge on any atom is -0.379 e. The number of morpholine rings is 1. The molecule has 0 unspecified atom stereocenters. The van der Waals surface area contributed by atoms with Crippen LogP contribution in [-0.2, 0) is 9.53 Å². The number of amides is 1. The predicted molar refractivity (Wildman–Crippen MR) is 272 cm³/mol. The van der Waals surface area contributed by atoms with Gasteiger partial charge in [-0.15, -0.1) is 0 Å². The van der Waals surface area contributed by atoms with E-state index in [0.29, 0.717) is 12.1 Å². The summed E-state index contributed by atoms with van der Waals surface area (Å²) >= 11 is 0. The molecule has 0 saturated carbocycles. The fourth-order valence-corrected chi connectivity index (χ4v) is 7.00. The van der Waals surface area contributed by atoms with Crippen molar-refractivity contribution in [2.24, 2.45) is 0 Å². The third-order valence-electron chi connectivity index (χ3n) is 11.1. The molecular weight excluding hydrogens is 745 g/mol. The molecule has 0 aliphatic carbocycles. The lowest BCUT2D eigenvalue weighted by Crippen LogP contribution is -2.50. The van der Waals surface area contributed by atoms with E-state index in [-0.39, 0.29) is 13.3 Å². The van der Waals surface area contributed by atoms with Crippen LogP contribution in [-0.4, -0.2) is 207 Å². The van der Waals surface area contributed by atoms with Crippen molar-refractivity contribution in [1.82, 2.24) is 39.2 Å². The zero-order valence-electron chi connectivity index (χ0n) is 44.3. The van der Waals surface area contributed by atoms with Crippen LogP contribution in [0, 0.1) is 0 Å². The summed E-state index contributed by atoms with van der Waals surface area (Å²) in [5.41, 5.74) is 0. The average molecular weight is 862 g/mol. The molecule has 0 N–H and O–H groups in total. The van der Waals surface area contributed by atoms with E-state index in [1.54, 1.807) is 6.92 Å². The van der Waals surface area contributed by atoms with Crippen LogP contribution in [0.15, 0.2) is 0 Å². The Kier molecular flexibility index (Phi) is 52.5. The Bertz CT molecular complexity index is 810. The van der Waals surface area contributed by atoms with Crippen molar-refractivity contribution in [3.8, 4) is 0 Å². The largest absolute Gasteiger partial charge is 0.379 e. The average Bonchev–Trinajstić information content (AvgIpc) is 3.50. The first-order valence-corrected chi connectivity index (χ1v) is 25.0. The van der Waals surface area contributed by atoms with E-state index < -0.39 is 0 Å². The predicted octanol–water partition coefficient (Wildman–Crippen LogP) is 9.58. The van der Waals surface area contributed by atoms with E-state index in [0.717, 1.165) is 70.6 Å². The first kappa shape index (κ1) is 68.2. The van der Waals surface area contributed by atoms with E-state index in [1.165, 1.54) is 91.1 Å². The van der Waals surface area contributed by atoms with Gasteiger partial charge in [0.25, 0.3) is 0 Å². The van der Waals surface area contributed by atoms with E-state index in [2.05, 4.69) is 118 Å². The Morgan fingerprint density at radius 2 is 0.633 bits per heavy atom. The molecule has 10 nitrogen and oxygen atoms in total. The van der Waals surface area contributed by atoms with Crippen LogP contribution in [0.1, 0.15) is 165 Å². The van der Waals surface area contributed by atoms with Crippen LogP contribution in [0.2, 0.25) is 0 Å². The summed E-state index contributed by atoms with van der Waals surface area (Å²) in [5, 5.41) is 0. The van der Waals surface area contributed by atoms with Crippen molar-refractivity contribution in [3.63, 3.8) is 0 Å². The molecule has 1 amide bonds. The number of likely N-dealkylation sites (tertiary alicyclic amines) is 1. The molecule has 5 rings (SSSR count). The Balaban J connectivity index is -0.000000201. The van der Waals surface area contributed by atoms with Gasteiger partial charge in [0.2, 0.25) is 5.91 Å². The summed E-state index contributed by atoms with van der Waals surface area (Å²) < 4.78 is 5.21. The highest BCUT2D eigenvalue weighted by molar-refractivity contribution is 5.73. The van der Waals surface area contributed by atoms with Crippen LogP contribution in [0.5, 0.6) is 0 Å². The number of nitrogens with zero attached hydrogens (tertiary/aromatic N) is 8. The molecule has 60 heavy (non-hydrogen) atoms. The monoisotopic (exact) mass is 861 g/mol. The zero-order valence-corrected chi connectivity index (χ0v) is 44.3. The summed E-state index contributed by atoms with van der Waals surface area (Å²) in [6, 6.07) is 3.52. The second kappa shape index (κ2) is 46.2. The Morgan fingerprint density at radius 3 is 0.933 bits per heavy atom. The van der Waals surface area contributed by atoms with Gasteiger partial charge in [-0.25, -0.2) is 0 Å². The highest BCUT2D eigenvalue weighted by Crippen LogP contribution is 2.11. The van der Waals surface area contributed by atoms with Crippen molar-refractivity contribution in [1.29, 1.82) is 0 Å². The topological polar surface area (TPSA) is 52.2 Å². The van der Waals surface area contributed by atoms with Crippen LogP contribution >= 0.6 is 0 Å². The molecule has 5 fully saturated rings. The zero-order chi connectivity index (χ0) is 46.3. The first-order chi connectivity index (χ1) is 28.1. The van der Waals surface area contributed by atoms with Gasteiger partial charge in [0.05, 0.1) is 13.2 Å². The highest BCUT2D eigenvalue weighted by Gasteiger charge is 2.20. The van der Waals surface area contributed by atoms with Crippen molar-refractivity contribution in [2.75, 3.05) is 132 Å². The van der Waals surface area contributed by atoms with Crippen LogP contribution in [0.3, 0.4) is 0 Å². The lowest BCUT2D eigenvalue weighted by molar-refractivity contribution is -0.130. The van der Waals surface area contributed by atoms with Crippen LogP contribution < -0.4 is 0 Å². The number of likely N-dealkylation sites (N-methyl/N-ethyl adjacent to an activating group) is 2. The summed E-state index contributed by atoms with van der Waals surface area (Å²) in [5.74, 6) is 0.207. The van der Waals surface area contributed by atoms with E-state index >= 15 is 0 Å². The Morgan fingerprint density at radius 1 is 0.367 bits per heavy atom. The molecule has 5 aliphatic rings. The third kappa shape index (κ3) is 36.6. The molecule has 0 aromatic rings. The van der Waals surface area contributed by atoms with Gasteiger partial charge in [0.15, 0.2) is 0 Å². The minimum absolute atomic E-state index is 0. The molecule has 0 atom stereocenters. The normalized spacial score (nSPS) is 19.7. The van der Waals surface area contributed by atoms with Crippen LogP contribution in [0.4, 0.5) is 0 Å². The Labute approximate surface area is 380 Å². The fraction of sp³-hybridized carbons (Fsp3) is 0.980. The van der Waals surface area contributed by atoms with Crippen molar-refractivity contribution >= 4 is 5.91 Å². The Hall–Kier alpha value is -0.850. The fourth-order valence-electron chi connectivity index (χ4n) is 7.00. The molecule has 368 valence electrons. The number of hydrogen-bond donors (Lipinski definition) is 0. The number of rotatable bonds is 5. The number of piperazine rings is 2. The SMILES string of the molecule is C.CC.CC.CC.CC.CC(=O)N1CCN(C(C)C)CC1.CC(C)N1CCCCC1.CC(C)N1CCCN(C)CC1.CC(C)N1CCN(C)CC1.CC(C)N1CCOCC1. The summed E-state index contributed by atoms with van der Waals surface area (Å²) in [7, 11) is 4.40. The van der Waals surface area contributed by atoms with E-state index in [1.807, 2.05) is 60.3 Å². The third-order valence-corrected chi connectivity index (χ3v) is 11.1. The molecule has 0 radical (unpaired) electrons. The molecule has 10 heteroatoms.